The Labute approximate surface area is 148 Å². The number of aliphatic hydroxyl groups excluding tert-OH is 4. The molecule has 0 unspecified atom stereocenters. The van der Waals surface area contributed by atoms with Crippen LogP contribution in [-0.2, 0) is 0 Å². The lowest BCUT2D eigenvalue weighted by Crippen LogP contribution is -2.91. The first-order chi connectivity index (χ1) is 11.9. The average molecular weight is 376 g/mol. The predicted molar refractivity (Wildman–Crippen MR) is 85.3 cm³/mol. The second-order valence-corrected chi connectivity index (χ2v) is 8.16. The fraction of sp³-hybridized carbons (Fsp3) is 1.00. The SMILES string of the molecule is CC1(C)C2([N+](=O)[O-])CN3CC1([N+](=O)[O-])CN(C2)C3[C@H](O)[C@H](O)[C@H](O)CO. The monoisotopic (exact) mass is 376 g/mol. The predicted octanol–water partition coefficient (Wildman–Crippen LogP) is -2.91. The zero-order valence-corrected chi connectivity index (χ0v) is 14.6. The van der Waals surface area contributed by atoms with E-state index in [1.807, 2.05) is 0 Å². The van der Waals surface area contributed by atoms with E-state index < -0.39 is 57.4 Å². The maximum absolute atomic E-state index is 11.9. The van der Waals surface area contributed by atoms with Crippen molar-refractivity contribution in [3.63, 3.8) is 0 Å². The fourth-order valence-electron chi connectivity index (χ4n) is 5.02. The van der Waals surface area contributed by atoms with Crippen molar-refractivity contribution in [2.24, 2.45) is 5.41 Å². The van der Waals surface area contributed by atoms with Gasteiger partial charge in [0.05, 0.1) is 39.0 Å². The molecule has 4 fully saturated rings. The first kappa shape index (κ1) is 19.3. The van der Waals surface area contributed by atoms with Crippen molar-refractivity contribution in [1.82, 2.24) is 9.80 Å². The molecule has 0 spiro atoms. The number of rotatable bonds is 6. The Hall–Kier alpha value is -1.44. The van der Waals surface area contributed by atoms with E-state index in [4.69, 9.17) is 5.11 Å². The lowest BCUT2D eigenvalue weighted by atomic mass is 9.53. The van der Waals surface area contributed by atoms with Gasteiger partial charge in [0.15, 0.2) is 0 Å². The molecular formula is C14H24N4O8. The minimum atomic E-state index is -1.69. The van der Waals surface area contributed by atoms with E-state index in [-0.39, 0.29) is 26.2 Å². The van der Waals surface area contributed by atoms with E-state index in [1.165, 1.54) is 9.80 Å². The van der Waals surface area contributed by atoms with Crippen LogP contribution in [0.1, 0.15) is 13.8 Å². The Morgan fingerprint density at radius 3 is 1.69 bits per heavy atom. The largest absolute Gasteiger partial charge is 0.394 e. The molecule has 0 radical (unpaired) electrons. The minimum absolute atomic E-state index is 0.108. The van der Waals surface area contributed by atoms with Gasteiger partial charge in [0.1, 0.15) is 23.7 Å². The van der Waals surface area contributed by atoms with Crippen molar-refractivity contribution in [1.29, 1.82) is 0 Å². The van der Waals surface area contributed by atoms with Crippen LogP contribution in [0.15, 0.2) is 0 Å². The van der Waals surface area contributed by atoms with Crippen LogP contribution in [-0.4, -0.2) is 108 Å². The van der Waals surface area contributed by atoms with Crippen LogP contribution in [0.2, 0.25) is 0 Å². The fourth-order valence-corrected chi connectivity index (χ4v) is 5.02. The number of aliphatic hydroxyl groups is 4. The van der Waals surface area contributed by atoms with E-state index in [2.05, 4.69) is 0 Å². The Morgan fingerprint density at radius 2 is 1.38 bits per heavy atom. The van der Waals surface area contributed by atoms with Gasteiger partial charge >= 0.3 is 0 Å². The molecule has 4 bridgehead atoms. The quantitative estimate of drug-likeness (QED) is 0.278. The summed E-state index contributed by atoms with van der Waals surface area (Å²) >= 11 is 0. The molecule has 4 aliphatic heterocycles. The average Bonchev–Trinajstić information content (AvgIpc) is 2.56. The highest BCUT2D eigenvalue weighted by Crippen LogP contribution is 2.56. The summed E-state index contributed by atoms with van der Waals surface area (Å²) in [4.78, 5) is 25.8. The lowest BCUT2D eigenvalue weighted by molar-refractivity contribution is -0.679. The van der Waals surface area contributed by atoms with Gasteiger partial charge in [-0.3, -0.25) is 30.0 Å². The van der Waals surface area contributed by atoms with Gasteiger partial charge in [-0.1, -0.05) is 0 Å². The molecule has 12 heteroatoms. The maximum Gasteiger partial charge on any atom is 0.259 e. The smallest absolute Gasteiger partial charge is 0.259 e. The molecule has 0 aromatic carbocycles. The zero-order chi connectivity index (χ0) is 19.7. The van der Waals surface area contributed by atoms with E-state index in [0.717, 1.165) is 0 Å². The first-order valence-electron chi connectivity index (χ1n) is 8.37. The van der Waals surface area contributed by atoms with Gasteiger partial charge in [0, 0.05) is 9.85 Å². The van der Waals surface area contributed by atoms with Crippen molar-refractivity contribution in [2.75, 3.05) is 32.8 Å². The molecule has 0 aliphatic carbocycles. The third kappa shape index (κ3) is 2.11. The molecule has 0 aromatic heterocycles. The number of hydrogen-bond donors (Lipinski definition) is 4. The van der Waals surface area contributed by atoms with Crippen LogP contribution in [0, 0.1) is 25.6 Å². The van der Waals surface area contributed by atoms with Crippen molar-refractivity contribution < 1.29 is 30.3 Å². The second-order valence-electron chi connectivity index (χ2n) is 8.16. The normalized spacial score (nSPS) is 43.7. The molecule has 3 atom stereocenters. The van der Waals surface area contributed by atoms with Crippen LogP contribution in [0.5, 0.6) is 0 Å². The minimum Gasteiger partial charge on any atom is -0.394 e. The zero-order valence-electron chi connectivity index (χ0n) is 14.6. The summed E-state index contributed by atoms with van der Waals surface area (Å²) in [6.45, 7) is 1.90. The van der Waals surface area contributed by atoms with Gasteiger partial charge in [-0.15, -0.1) is 0 Å². The van der Waals surface area contributed by atoms with Crippen LogP contribution in [0.4, 0.5) is 0 Å². The Morgan fingerprint density at radius 1 is 1.00 bits per heavy atom. The van der Waals surface area contributed by atoms with Gasteiger partial charge in [-0.2, -0.15) is 0 Å². The van der Waals surface area contributed by atoms with Crippen molar-refractivity contribution in [3.8, 4) is 0 Å². The molecule has 0 amide bonds. The maximum atomic E-state index is 11.9. The summed E-state index contributed by atoms with van der Waals surface area (Å²) in [6.07, 6.45) is -5.74. The van der Waals surface area contributed by atoms with Crippen molar-refractivity contribution in [2.45, 2.75) is 49.4 Å². The van der Waals surface area contributed by atoms with Gasteiger partial charge in [-0.05, 0) is 13.8 Å². The van der Waals surface area contributed by atoms with E-state index in [1.54, 1.807) is 13.8 Å². The third-order valence-electron chi connectivity index (χ3n) is 6.87. The van der Waals surface area contributed by atoms with Gasteiger partial charge < -0.3 is 20.4 Å². The molecule has 12 nitrogen and oxygen atoms in total. The molecule has 4 N–H and O–H groups in total. The van der Waals surface area contributed by atoms with E-state index in [0.29, 0.717) is 0 Å². The summed E-state index contributed by atoms with van der Waals surface area (Å²) in [5.74, 6) is 0. The highest BCUT2D eigenvalue weighted by Gasteiger charge is 2.82. The highest BCUT2D eigenvalue weighted by atomic mass is 16.6. The van der Waals surface area contributed by atoms with E-state index in [9.17, 15) is 35.5 Å². The summed E-state index contributed by atoms with van der Waals surface area (Å²) in [5, 5.41) is 63.0. The molecule has 4 saturated heterocycles. The number of nitro groups is 2. The Kier molecular flexibility index (Phi) is 4.29. The summed E-state index contributed by atoms with van der Waals surface area (Å²) in [6, 6.07) is 0. The first-order valence-corrected chi connectivity index (χ1v) is 8.37. The molecule has 4 aliphatic rings. The standard InChI is InChI=1S/C14H24N4O8/c1-12(2)13(17(23)24)4-15-6-14(12,18(25)26)7-16(5-13)11(15)10(22)9(21)8(20)3-19/h8-11,19-22H,3-7H2,1-2H3/t8-,9-,10-,11?,13?,14?/m1/s1. The van der Waals surface area contributed by atoms with Crippen LogP contribution in [0.25, 0.3) is 0 Å². The van der Waals surface area contributed by atoms with Gasteiger partial charge in [0.2, 0.25) is 0 Å². The molecule has 148 valence electrons. The summed E-state index contributed by atoms with van der Waals surface area (Å²) < 4.78 is 0. The van der Waals surface area contributed by atoms with Gasteiger partial charge in [0.25, 0.3) is 11.1 Å². The molecule has 0 saturated carbocycles. The molecule has 26 heavy (non-hydrogen) atoms. The molecule has 4 rings (SSSR count). The Bertz CT molecular complexity index is 576. The van der Waals surface area contributed by atoms with Crippen LogP contribution < -0.4 is 0 Å². The summed E-state index contributed by atoms with van der Waals surface area (Å²) in [5.41, 5.74) is -4.40. The van der Waals surface area contributed by atoms with Crippen molar-refractivity contribution >= 4 is 0 Å². The number of nitrogens with zero attached hydrogens (tertiary/aromatic N) is 4. The van der Waals surface area contributed by atoms with Gasteiger partial charge in [-0.25, -0.2) is 0 Å². The second kappa shape index (κ2) is 5.78. The molecule has 4 heterocycles. The van der Waals surface area contributed by atoms with E-state index >= 15 is 0 Å². The Balaban J connectivity index is 2.02. The third-order valence-corrected chi connectivity index (χ3v) is 6.87. The number of piperidine rings is 2. The van der Waals surface area contributed by atoms with Crippen LogP contribution in [0.3, 0.4) is 0 Å². The summed E-state index contributed by atoms with van der Waals surface area (Å²) in [7, 11) is 0. The number of hydrogen-bond acceptors (Lipinski definition) is 10. The van der Waals surface area contributed by atoms with Crippen LogP contribution >= 0.6 is 0 Å². The topological polar surface area (TPSA) is 174 Å². The van der Waals surface area contributed by atoms with Crippen molar-refractivity contribution in [3.05, 3.63) is 20.2 Å². The molecular weight excluding hydrogens is 352 g/mol. The lowest BCUT2D eigenvalue weighted by Gasteiger charge is -2.66. The highest BCUT2D eigenvalue weighted by molar-refractivity contribution is 5.22. The molecule has 0 aromatic rings.